The number of aliphatic hydroxyl groups is 4. The maximum atomic E-state index is 10.3. The third-order valence-electron chi connectivity index (χ3n) is 6.41. The number of aliphatic hydroxyl groups excluding tert-OH is 4. The second-order valence-electron chi connectivity index (χ2n) is 17.2. The predicted molar refractivity (Wildman–Crippen MR) is 210 cm³/mol. The van der Waals surface area contributed by atoms with Crippen molar-refractivity contribution in [3.8, 4) is 0 Å². The molecule has 4 N–H and O–H groups in total. The predicted octanol–water partition coefficient (Wildman–Crippen LogP) is 5.14. The summed E-state index contributed by atoms with van der Waals surface area (Å²) in [7, 11) is -15.5. The second kappa shape index (κ2) is 21.1. The molecular formula is C29H74O12Si7. The lowest BCUT2D eigenvalue weighted by molar-refractivity contribution is -0.0674. The van der Waals surface area contributed by atoms with Crippen LogP contribution in [0.5, 0.6) is 0 Å². The third-order valence-corrected chi connectivity index (χ3v) is 31.2. The molecule has 0 saturated heterocycles. The zero-order valence-electron chi connectivity index (χ0n) is 33.1. The number of ether oxygens (including phenoxy) is 3. The molecule has 0 aromatic heterocycles. The van der Waals surface area contributed by atoms with Crippen LogP contribution in [-0.2, 0) is 34.8 Å². The molecule has 0 aliphatic heterocycles. The topological polar surface area (TPSA) is 155 Å². The average Bonchev–Trinajstić information content (AvgIpc) is 2.82. The summed E-state index contributed by atoms with van der Waals surface area (Å²) in [6, 6.07) is 2.51. The van der Waals surface area contributed by atoms with E-state index < -0.39 is 83.9 Å². The fourth-order valence-electron chi connectivity index (χ4n) is 5.58. The Hall–Kier alpha value is 1.04. The maximum absolute atomic E-state index is 10.3. The summed E-state index contributed by atoms with van der Waals surface area (Å²) in [5.41, 5.74) is 0. The summed E-state index contributed by atoms with van der Waals surface area (Å²) < 4.78 is 50.9. The van der Waals surface area contributed by atoms with E-state index in [1.807, 2.05) is 0 Å². The van der Waals surface area contributed by atoms with Gasteiger partial charge in [-0.15, -0.1) is 0 Å². The van der Waals surface area contributed by atoms with Gasteiger partial charge in [0, 0.05) is 6.61 Å². The number of hydrogen-bond acceptors (Lipinski definition) is 12. The Kier molecular flexibility index (Phi) is 21.5. The van der Waals surface area contributed by atoms with Crippen molar-refractivity contribution in [3.05, 3.63) is 0 Å². The molecule has 0 aliphatic carbocycles. The number of rotatable bonds is 28. The standard InChI is InChI=1S/C29H74O12Si7/c1-42(2,3)37-45(10,11)19-20-48(15,40-46(12,13)38-43(4,5)6)41-47(14,39-44(7,8)9)18-16-17-34-23-28(32)24-36-26-29(33)25-35-22-27(31)21-30/h27-33H,16-26H2,1-15H3. The van der Waals surface area contributed by atoms with Crippen molar-refractivity contribution in [2.75, 3.05) is 46.2 Å². The maximum Gasteiger partial charge on any atom is 0.317 e. The van der Waals surface area contributed by atoms with Crippen LogP contribution < -0.4 is 0 Å². The Morgan fingerprint density at radius 3 is 1.29 bits per heavy atom. The van der Waals surface area contributed by atoms with Crippen molar-refractivity contribution in [1.82, 2.24) is 0 Å². The van der Waals surface area contributed by atoms with Crippen molar-refractivity contribution in [1.29, 1.82) is 0 Å². The first-order valence-electron chi connectivity index (χ1n) is 17.4. The van der Waals surface area contributed by atoms with Gasteiger partial charge < -0.3 is 55.2 Å². The van der Waals surface area contributed by atoms with Gasteiger partial charge in [-0.25, -0.2) is 0 Å². The van der Waals surface area contributed by atoms with E-state index in [9.17, 15) is 15.3 Å². The highest BCUT2D eigenvalue weighted by atomic mass is 28.5. The molecule has 5 atom stereocenters. The van der Waals surface area contributed by atoms with E-state index in [0.29, 0.717) is 13.0 Å². The first kappa shape index (κ1) is 49.0. The molecule has 0 spiro atoms. The molecule has 0 amide bonds. The highest BCUT2D eigenvalue weighted by molar-refractivity contribution is 6.92. The summed E-state index contributed by atoms with van der Waals surface area (Å²) in [4.78, 5) is 0. The van der Waals surface area contributed by atoms with E-state index in [0.717, 1.165) is 18.1 Å². The summed E-state index contributed by atoms with van der Waals surface area (Å²) in [6.07, 6.45) is -2.02. The van der Waals surface area contributed by atoms with Gasteiger partial charge in [0.2, 0.25) is 0 Å². The van der Waals surface area contributed by atoms with E-state index in [2.05, 4.69) is 98.2 Å². The Labute approximate surface area is 300 Å². The van der Waals surface area contributed by atoms with Gasteiger partial charge in [0.25, 0.3) is 0 Å². The Balaban J connectivity index is 5.43. The largest absolute Gasteiger partial charge is 0.456 e. The third kappa shape index (κ3) is 26.8. The van der Waals surface area contributed by atoms with Gasteiger partial charge in [0.1, 0.15) is 18.3 Å². The van der Waals surface area contributed by atoms with Crippen LogP contribution in [-0.4, -0.2) is 144 Å². The van der Waals surface area contributed by atoms with Crippen LogP contribution in [0.15, 0.2) is 0 Å². The van der Waals surface area contributed by atoms with Crippen LogP contribution >= 0.6 is 0 Å². The minimum Gasteiger partial charge on any atom is -0.456 e. The van der Waals surface area contributed by atoms with E-state index in [-0.39, 0.29) is 33.0 Å². The lowest BCUT2D eigenvalue weighted by atomic mass is 10.4. The quantitative estimate of drug-likeness (QED) is 0.0612. The van der Waals surface area contributed by atoms with Gasteiger partial charge in [-0.3, -0.25) is 0 Å². The molecule has 290 valence electrons. The summed E-state index contributed by atoms with van der Waals surface area (Å²) in [6.45, 7) is 33.2. The van der Waals surface area contributed by atoms with Crippen LogP contribution in [0.2, 0.25) is 116 Å². The van der Waals surface area contributed by atoms with E-state index in [1.54, 1.807) is 0 Å². The Morgan fingerprint density at radius 2 is 0.854 bits per heavy atom. The molecule has 0 rings (SSSR count). The second-order valence-corrected chi connectivity index (χ2v) is 46.3. The highest BCUT2D eigenvalue weighted by Gasteiger charge is 2.49. The van der Waals surface area contributed by atoms with Crippen LogP contribution in [0, 0.1) is 0 Å². The van der Waals surface area contributed by atoms with Crippen molar-refractivity contribution >= 4 is 59.0 Å². The van der Waals surface area contributed by atoms with Crippen molar-refractivity contribution in [3.63, 3.8) is 0 Å². The van der Waals surface area contributed by atoms with E-state index in [4.69, 9.17) is 39.9 Å². The minimum atomic E-state index is -2.79. The van der Waals surface area contributed by atoms with Crippen molar-refractivity contribution < 1.29 is 55.2 Å². The van der Waals surface area contributed by atoms with E-state index in [1.165, 1.54) is 0 Å². The molecule has 48 heavy (non-hydrogen) atoms. The molecule has 0 aliphatic rings. The monoisotopic (exact) mass is 810 g/mol. The SMILES string of the molecule is C[Si](C)(C)O[Si](C)(C)CC[Si](C)(O[Si](C)(C)O[Si](C)(C)C)O[Si](C)(CCCOCC(O)COCC(O)COCC(O)CO)O[Si](C)(C)C. The lowest BCUT2D eigenvalue weighted by Gasteiger charge is -2.45. The molecule has 0 heterocycles. The Bertz CT molecular complexity index is 886. The molecule has 0 saturated carbocycles. The van der Waals surface area contributed by atoms with Crippen LogP contribution in [0.1, 0.15) is 6.42 Å². The fourth-order valence-corrected chi connectivity index (χ4v) is 39.8. The minimum absolute atomic E-state index is 0.00613. The normalized spacial score (nSPS) is 18.3. The van der Waals surface area contributed by atoms with Gasteiger partial charge in [0.05, 0.1) is 39.6 Å². The summed E-state index contributed by atoms with van der Waals surface area (Å²) in [5, 5.41) is 38.3. The van der Waals surface area contributed by atoms with Crippen LogP contribution in [0.4, 0.5) is 0 Å². The molecule has 12 nitrogen and oxygen atoms in total. The van der Waals surface area contributed by atoms with Crippen molar-refractivity contribution in [2.45, 2.75) is 141 Å². The Morgan fingerprint density at radius 1 is 0.438 bits per heavy atom. The van der Waals surface area contributed by atoms with Gasteiger partial charge >= 0.3 is 25.7 Å². The molecule has 0 radical (unpaired) electrons. The van der Waals surface area contributed by atoms with Crippen LogP contribution in [0.3, 0.4) is 0 Å². The molecule has 0 fully saturated rings. The molecule has 0 aromatic rings. The molecule has 0 bridgehead atoms. The average molecular weight is 812 g/mol. The zero-order valence-corrected chi connectivity index (χ0v) is 40.1. The molecule has 19 heteroatoms. The zero-order chi connectivity index (χ0) is 37.7. The van der Waals surface area contributed by atoms with Gasteiger partial charge in [-0.1, -0.05) is 0 Å². The van der Waals surface area contributed by atoms with Crippen molar-refractivity contribution in [2.24, 2.45) is 0 Å². The molecular weight excluding hydrogens is 737 g/mol. The first-order chi connectivity index (χ1) is 21.5. The summed E-state index contributed by atoms with van der Waals surface area (Å²) in [5.74, 6) is 0. The number of hydrogen-bond donors (Lipinski definition) is 4. The van der Waals surface area contributed by atoms with Gasteiger partial charge in [-0.05, 0) is 123 Å². The highest BCUT2D eigenvalue weighted by Crippen LogP contribution is 2.34. The van der Waals surface area contributed by atoms with Gasteiger partial charge in [0.15, 0.2) is 33.3 Å². The smallest absolute Gasteiger partial charge is 0.317 e. The van der Waals surface area contributed by atoms with E-state index >= 15 is 0 Å². The lowest BCUT2D eigenvalue weighted by Crippen LogP contribution is -2.60. The van der Waals surface area contributed by atoms with Crippen LogP contribution in [0.25, 0.3) is 0 Å². The van der Waals surface area contributed by atoms with Gasteiger partial charge in [-0.2, -0.15) is 0 Å². The fraction of sp³-hybridized carbons (Fsp3) is 1.00. The molecule has 0 aromatic carbocycles. The molecule has 5 unspecified atom stereocenters. The first-order valence-corrected chi connectivity index (χ1v) is 38.6. The summed E-state index contributed by atoms with van der Waals surface area (Å²) >= 11 is 0.